The van der Waals surface area contributed by atoms with E-state index in [0.29, 0.717) is 0 Å². The van der Waals surface area contributed by atoms with Crippen LogP contribution in [-0.4, -0.2) is 29.9 Å². The number of nitro groups is 1. The normalized spacial score (nSPS) is 29.8. The molecule has 2 fully saturated rings. The van der Waals surface area contributed by atoms with Gasteiger partial charge in [-0.3, -0.25) is 10.1 Å². The third-order valence-corrected chi connectivity index (χ3v) is 6.22. The number of benzene rings is 1. The first-order valence-electron chi connectivity index (χ1n) is 6.66. The molecule has 7 heteroatoms. The molecule has 108 valence electrons. The summed E-state index contributed by atoms with van der Waals surface area (Å²) >= 11 is 0. The summed E-state index contributed by atoms with van der Waals surface area (Å²) in [5.41, 5.74) is 0.956. The number of aryl methyl sites for hydroxylation is 1. The molecule has 0 bridgehead atoms. The van der Waals surface area contributed by atoms with Gasteiger partial charge in [0.05, 0.1) is 10.8 Å². The molecule has 0 aromatic heterocycles. The molecule has 0 amide bonds. The van der Waals surface area contributed by atoms with Gasteiger partial charge in [0.1, 0.15) is 0 Å². The maximum Gasteiger partial charge on any atom is 0.285 e. The van der Waals surface area contributed by atoms with Crippen LogP contribution in [0.4, 0.5) is 0 Å². The molecule has 1 aromatic carbocycles. The molecule has 1 aliphatic carbocycles. The standard InChI is InChI=1S/C13H16N2O4S/c1-9-5-7-10(8-6-9)20(18,19)14-12-4-2-3-11(12)13(14)15(16)17/h5-8,11-13H,2-4H2,1H3/t11-,12-,13+/m1/s1. The molecule has 2 aliphatic rings. The fourth-order valence-electron chi connectivity index (χ4n) is 3.32. The number of sulfonamides is 1. The second kappa shape index (κ2) is 4.53. The highest BCUT2D eigenvalue weighted by Crippen LogP contribution is 2.47. The molecule has 0 unspecified atom stereocenters. The van der Waals surface area contributed by atoms with Gasteiger partial charge in [-0.2, -0.15) is 0 Å². The zero-order chi connectivity index (χ0) is 14.5. The average Bonchev–Trinajstić information content (AvgIpc) is 2.72. The van der Waals surface area contributed by atoms with Gasteiger partial charge in [-0.05, 0) is 31.9 Å². The lowest BCUT2D eigenvalue weighted by Crippen LogP contribution is -2.66. The highest BCUT2D eigenvalue weighted by molar-refractivity contribution is 7.89. The summed E-state index contributed by atoms with van der Waals surface area (Å²) in [5.74, 6) is -0.120. The lowest BCUT2D eigenvalue weighted by molar-refractivity contribution is -0.576. The Labute approximate surface area is 117 Å². The Morgan fingerprint density at radius 2 is 1.90 bits per heavy atom. The van der Waals surface area contributed by atoms with E-state index >= 15 is 0 Å². The van der Waals surface area contributed by atoms with Crippen LogP contribution in [0, 0.1) is 23.0 Å². The fraction of sp³-hybridized carbons (Fsp3) is 0.538. The van der Waals surface area contributed by atoms with Crippen LogP contribution in [0.3, 0.4) is 0 Å². The van der Waals surface area contributed by atoms with Crippen molar-refractivity contribution in [3.8, 4) is 0 Å². The molecule has 1 aromatic rings. The lowest BCUT2D eigenvalue weighted by atomic mass is 9.91. The number of nitrogens with zero attached hydrogens (tertiary/aromatic N) is 2. The Hall–Kier alpha value is -1.47. The third kappa shape index (κ3) is 1.84. The second-order valence-corrected chi connectivity index (χ2v) is 7.35. The second-order valence-electron chi connectivity index (χ2n) is 5.51. The van der Waals surface area contributed by atoms with Gasteiger partial charge in [-0.25, -0.2) is 8.42 Å². The van der Waals surface area contributed by atoms with E-state index in [4.69, 9.17) is 0 Å². The largest absolute Gasteiger partial charge is 0.285 e. The highest BCUT2D eigenvalue weighted by Gasteiger charge is 2.63. The molecule has 3 atom stereocenters. The van der Waals surface area contributed by atoms with E-state index in [1.807, 2.05) is 6.92 Å². The van der Waals surface area contributed by atoms with Gasteiger partial charge in [0, 0.05) is 11.0 Å². The van der Waals surface area contributed by atoms with E-state index in [9.17, 15) is 18.5 Å². The summed E-state index contributed by atoms with van der Waals surface area (Å²) in [4.78, 5) is 10.8. The van der Waals surface area contributed by atoms with Crippen LogP contribution in [-0.2, 0) is 10.0 Å². The molecule has 1 aliphatic heterocycles. The Kier molecular flexibility index (Phi) is 3.06. The van der Waals surface area contributed by atoms with Crippen molar-refractivity contribution in [3.05, 3.63) is 39.9 Å². The maximum absolute atomic E-state index is 12.6. The minimum absolute atomic E-state index is 0.120. The van der Waals surface area contributed by atoms with Gasteiger partial charge in [-0.1, -0.05) is 24.1 Å². The first-order valence-corrected chi connectivity index (χ1v) is 8.10. The summed E-state index contributed by atoms with van der Waals surface area (Å²) in [6, 6.07) is 6.25. The van der Waals surface area contributed by atoms with Gasteiger partial charge < -0.3 is 0 Å². The van der Waals surface area contributed by atoms with Crippen molar-refractivity contribution in [1.82, 2.24) is 4.31 Å². The quantitative estimate of drug-likeness (QED) is 0.629. The highest BCUT2D eigenvalue weighted by atomic mass is 32.2. The monoisotopic (exact) mass is 296 g/mol. The number of hydrogen-bond donors (Lipinski definition) is 0. The van der Waals surface area contributed by atoms with Crippen molar-refractivity contribution in [2.24, 2.45) is 5.92 Å². The van der Waals surface area contributed by atoms with Gasteiger partial charge in [0.25, 0.3) is 6.17 Å². The number of rotatable bonds is 3. The van der Waals surface area contributed by atoms with E-state index in [1.165, 1.54) is 12.1 Å². The summed E-state index contributed by atoms with van der Waals surface area (Å²) in [5, 5.41) is 11.2. The van der Waals surface area contributed by atoms with Crippen LogP contribution < -0.4 is 0 Å². The maximum atomic E-state index is 12.6. The van der Waals surface area contributed by atoms with Crippen molar-refractivity contribution < 1.29 is 13.3 Å². The van der Waals surface area contributed by atoms with E-state index < -0.39 is 21.1 Å². The van der Waals surface area contributed by atoms with Crippen LogP contribution in [0.1, 0.15) is 24.8 Å². The molecule has 1 saturated carbocycles. The zero-order valence-corrected chi connectivity index (χ0v) is 11.9. The topological polar surface area (TPSA) is 80.5 Å². The molecule has 6 nitrogen and oxygen atoms in total. The van der Waals surface area contributed by atoms with Crippen molar-refractivity contribution in [1.29, 1.82) is 0 Å². The molecular formula is C13H16N2O4S. The Morgan fingerprint density at radius 1 is 1.25 bits per heavy atom. The summed E-state index contributed by atoms with van der Waals surface area (Å²) in [6.07, 6.45) is 1.24. The predicted molar refractivity (Wildman–Crippen MR) is 72.1 cm³/mol. The van der Waals surface area contributed by atoms with E-state index in [2.05, 4.69) is 0 Å². The third-order valence-electron chi connectivity index (χ3n) is 4.31. The summed E-state index contributed by atoms with van der Waals surface area (Å²) in [7, 11) is -3.78. The Bertz CT molecular complexity index is 641. The molecule has 3 rings (SSSR count). The lowest BCUT2D eigenvalue weighted by Gasteiger charge is -2.44. The predicted octanol–water partition coefficient (Wildman–Crippen LogP) is 1.77. The van der Waals surface area contributed by atoms with Crippen molar-refractivity contribution in [2.45, 2.75) is 43.3 Å². The minimum atomic E-state index is -3.78. The van der Waals surface area contributed by atoms with Crippen LogP contribution in [0.5, 0.6) is 0 Å². The average molecular weight is 296 g/mol. The van der Waals surface area contributed by atoms with Crippen molar-refractivity contribution in [2.75, 3.05) is 0 Å². The Balaban J connectivity index is 1.98. The van der Waals surface area contributed by atoms with E-state index in [1.54, 1.807) is 12.1 Å². The molecule has 0 radical (unpaired) electrons. The van der Waals surface area contributed by atoms with Gasteiger partial charge in [0.2, 0.25) is 10.0 Å². The molecular weight excluding hydrogens is 280 g/mol. The van der Waals surface area contributed by atoms with Gasteiger partial charge in [0.15, 0.2) is 0 Å². The zero-order valence-electron chi connectivity index (χ0n) is 11.1. The summed E-state index contributed by atoms with van der Waals surface area (Å²) < 4.78 is 26.3. The van der Waals surface area contributed by atoms with Crippen molar-refractivity contribution in [3.63, 3.8) is 0 Å². The van der Waals surface area contributed by atoms with Crippen LogP contribution >= 0.6 is 0 Å². The molecule has 1 heterocycles. The van der Waals surface area contributed by atoms with Crippen molar-refractivity contribution >= 4 is 10.0 Å². The van der Waals surface area contributed by atoms with E-state index in [-0.39, 0.29) is 16.9 Å². The number of hydrogen-bond acceptors (Lipinski definition) is 4. The smallest absolute Gasteiger partial charge is 0.263 e. The van der Waals surface area contributed by atoms with Crippen LogP contribution in [0.25, 0.3) is 0 Å². The van der Waals surface area contributed by atoms with Crippen LogP contribution in [0.15, 0.2) is 29.2 Å². The first kappa shape index (κ1) is 13.5. The SMILES string of the molecule is Cc1ccc(S(=O)(=O)N2[C@@H]3CCC[C@H]3[C@@H]2[N+](=O)[O-])cc1. The van der Waals surface area contributed by atoms with Gasteiger partial charge >= 0.3 is 0 Å². The first-order chi connectivity index (χ1) is 9.43. The minimum Gasteiger partial charge on any atom is -0.263 e. The molecule has 1 saturated heterocycles. The van der Waals surface area contributed by atoms with E-state index in [0.717, 1.165) is 29.1 Å². The Morgan fingerprint density at radius 3 is 2.50 bits per heavy atom. The fourth-order valence-corrected chi connectivity index (χ4v) is 5.18. The molecule has 0 N–H and O–H groups in total. The summed E-state index contributed by atoms with van der Waals surface area (Å²) in [6.45, 7) is 1.87. The molecule has 20 heavy (non-hydrogen) atoms. The number of fused-ring (bicyclic) bond motifs is 1. The van der Waals surface area contributed by atoms with Crippen LogP contribution in [0.2, 0.25) is 0 Å². The molecule has 0 spiro atoms. The van der Waals surface area contributed by atoms with Gasteiger partial charge in [-0.15, -0.1) is 4.31 Å².